The fourth-order valence-electron chi connectivity index (χ4n) is 2.04. The number of anilines is 1. The molecular formula is C17H17ClN2O. The van der Waals surface area contributed by atoms with Crippen LogP contribution in [-0.2, 0) is 17.9 Å². The number of nitrogens with one attached hydrogen (secondary N) is 1. The number of halogens is 1. The standard InChI is InChI=1S/C17H17ClN2O/c1-2-21-12-14-6-4-3-5-13(14)11-20-17-8-7-16(18)9-15(17)10-19/h3-9,20H,2,11-12H2,1H3. The average molecular weight is 301 g/mol. The Morgan fingerprint density at radius 3 is 2.67 bits per heavy atom. The van der Waals surface area contributed by atoms with Crippen molar-refractivity contribution in [3.05, 3.63) is 64.2 Å². The number of hydrogen-bond acceptors (Lipinski definition) is 3. The molecule has 21 heavy (non-hydrogen) atoms. The Morgan fingerprint density at radius 2 is 1.95 bits per heavy atom. The van der Waals surface area contributed by atoms with Crippen LogP contribution in [0.15, 0.2) is 42.5 Å². The predicted octanol–water partition coefficient (Wildman–Crippen LogP) is 4.36. The first kappa shape index (κ1) is 15.4. The second-order valence-electron chi connectivity index (χ2n) is 4.56. The van der Waals surface area contributed by atoms with Crippen molar-refractivity contribution in [2.45, 2.75) is 20.1 Å². The van der Waals surface area contributed by atoms with E-state index in [1.807, 2.05) is 25.1 Å². The topological polar surface area (TPSA) is 45.0 Å². The molecule has 0 saturated carbocycles. The maximum atomic E-state index is 9.14. The molecule has 1 N–H and O–H groups in total. The summed E-state index contributed by atoms with van der Waals surface area (Å²) in [7, 11) is 0. The van der Waals surface area contributed by atoms with Gasteiger partial charge < -0.3 is 10.1 Å². The number of rotatable bonds is 6. The summed E-state index contributed by atoms with van der Waals surface area (Å²) in [4.78, 5) is 0. The van der Waals surface area contributed by atoms with Crippen LogP contribution in [0.1, 0.15) is 23.6 Å². The maximum Gasteiger partial charge on any atom is 0.101 e. The van der Waals surface area contributed by atoms with E-state index < -0.39 is 0 Å². The van der Waals surface area contributed by atoms with Gasteiger partial charge >= 0.3 is 0 Å². The van der Waals surface area contributed by atoms with E-state index in [1.165, 1.54) is 0 Å². The van der Waals surface area contributed by atoms with Crippen LogP contribution >= 0.6 is 11.6 Å². The Morgan fingerprint density at radius 1 is 1.19 bits per heavy atom. The summed E-state index contributed by atoms with van der Waals surface area (Å²) in [5.41, 5.74) is 3.64. The zero-order valence-electron chi connectivity index (χ0n) is 11.9. The molecule has 0 bridgehead atoms. The fourth-order valence-corrected chi connectivity index (χ4v) is 2.21. The number of nitriles is 1. The molecule has 0 saturated heterocycles. The van der Waals surface area contributed by atoms with Crippen LogP contribution in [0.5, 0.6) is 0 Å². The van der Waals surface area contributed by atoms with E-state index in [4.69, 9.17) is 21.6 Å². The molecule has 0 atom stereocenters. The van der Waals surface area contributed by atoms with Crippen molar-refractivity contribution in [2.75, 3.05) is 11.9 Å². The Balaban J connectivity index is 2.12. The molecule has 4 heteroatoms. The molecule has 0 radical (unpaired) electrons. The lowest BCUT2D eigenvalue weighted by Gasteiger charge is -2.12. The summed E-state index contributed by atoms with van der Waals surface area (Å²) in [6.45, 7) is 3.91. The minimum absolute atomic E-state index is 0.546. The van der Waals surface area contributed by atoms with E-state index in [2.05, 4.69) is 23.5 Å². The molecule has 2 aromatic rings. The van der Waals surface area contributed by atoms with Gasteiger partial charge in [-0.1, -0.05) is 35.9 Å². The van der Waals surface area contributed by atoms with Gasteiger partial charge in [-0.05, 0) is 36.2 Å². The summed E-state index contributed by atoms with van der Waals surface area (Å²) in [6, 6.07) is 15.5. The van der Waals surface area contributed by atoms with Crippen molar-refractivity contribution in [3.63, 3.8) is 0 Å². The van der Waals surface area contributed by atoms with Gasteiger partial charge in [-0.2, -0.15) is 5.26 Å². The van der Waals surface area contributed by atoms with E-state index in [0.29, 0.717) is 30.3 Å². The van der Waals surface area contributed by atoms with Crippen molar-refractivity contribution in [3.8, 4) is 6.07 Å². The zero-order valence-corrected chi connectivity index (χ0v) is 12.7. The van der Waals surface area contributed by atoms with Crippen LogP contribution in [0.4, 0.5) is 5.69 Å². The van der Waals surface area contributed by atoms with E-state index in [1.54, 1.807) is 12.1 Å². The van der Waals surface area contributed by atoms with Crippen molar-refractivity contribution >= 4 is 17.3 Å². The molecule has 0 amide bonds. The smallest absolute Gasteiger partial charge is 0.101 e. The van der Waals surface area contributed by atoms with Crippen LogP contribution in [0.2, 0.25) is 5.02 Å². The number of hydrogen-bond donors (Lipinski definition) is 1. The maximum absolute atomic E-state index is 9.14. The highest BCUT2D eigenvalue weighted by Gasteiger charge is 2.05. The van der Waals surface area contributed by atoms with Crippen molar-refractivity contribution in [1.82, 2.24) is 0 Å². The highest BCUT2D eigenvalue weighted by Crippen LogP contribution is 2.21. The molecule has 0 aliphatic rings. The molecule has 0 aliphatic carbocycles. The minimum Gasteiger partial charge on any atom is -0.380 e. The number of ether oxygens (including phenoxy) is 1. The van der Waals surface area contributed by atoms with Gasteiger partial charge in [0.15, 0.2) is 0 Å². The molecule has 3 nitrogen and oxygen atoms in total. The SMILES string of the molecule is CCOCc1ccccc1CNc1ccc(Cl)cc1C#N. The van der Waals surface area contributed by atoms with Crippen molar-refractivity contribution in [1.29, 1.82) is 5.26 Å². The van der Waals surface area contributed by atoms with Gasteiger partial charge in [0.2, 0.25) is 0 Å². The summed E-state index contributed by atoms with van der Waals surface area (Å²) in [5, 5.41) is 13.0. The summed E-state index contributed by atoms with van der Waals surface area (Å²) >= 11 is 5.90. The summed E-state index contributed by atoms with van der Waals surface area (Å²) < 4.78 is 5.48. The second-order valence-corrected chi connectivity index (χ2v) is 5.00. The molecule has 0 unspecified atom stereocenters. The summed E-state index contributed by atoms with van der Waals surface area (Å²) in [6.07, 6.45) is 0. The van der Waals surface area contributed by atoms with Crippen molar-refractivity contribution < 1.29 is 4.74 Å². The Kier molecular flexibility index (Phi) is 5.62. The van der Waals surface area contributed by atoms with Crippen LogP contribution in [0.25, 0.3) is 0 Å². The van der Waals surface area contributed by atoms with Gasteiger partial charge in [-0.3, -0.25) is 0 Å². The van der Waals surface area contributed by atoms with Crippen LogP contribution in [0.3, 0.4) is 0 Å². The Bertz CT molecular complexity index is 649. The minimum atomic E-state index is 0.546. The van der Waals surface area contributed by atoms with Gasteiger partial charge in [-0.15, -0.1) is 0 Å². The van der Waals surface area contributed by atoms with Crippen LogP contribution in [0, 0.1) is 11.3 Å². The lowest BCUT2D eigenvalue weighted by atomic mass is 10.1. The second kappa shape index (κ2) is 7.68. The van der Waals surface area contributed by atoms with Crippen LogP contribution < -0.4 is 5.32 Å². The normalized spacial score (nSPS) is 10.1. The number of nitrogens with zero attached hydrogens (tertiary/aromatic N) is 1. The van der Waals surface area contributed by atoms with Crippen molar-refractivity contribution in [2.24, 2.45) is 0 Å². The van der Waals surface area contributed by atoms with Gasteiger partial charge in [0.05, 0.1) is 17.9 Å². The molecular weight excluding hydrogens is 284 g/mol. The van der Waals surface area contributed by atoms with Gasteiger partial charge in [-0.25, -0.2) is 0 Å². The molecule has 0 heterocycles. The summed E-state index contributed by atoms with van der Waals surface area (Å²) in [5.74, 6) is 0. The molecule has 0 fully saturated rings. The lowest BCUT2D eigenvalue weighted by molar-refractivity contribution is 0.133. The molecule has 0 spiro atoms. The first-order chi connectivity index (χ1) is 10.2. The van der Waals surface area contributed by atoms with E-state index in [0.717, 1.165) is 16.8 Å². The number of benzene rings is 2. The largest absolute Gasteiger partial charge is 0.380 e. The monoisotopic (exact) mass is 300 g/mol. The van der Waals surface area contributed by atoms with Gasteiger partial charge in [0.25, 0.3) is 0 Å². The molecule has 0 aromatic heterocycles. The van der Waals surface area contributed by atoms with E-state index >= 15 is 0 Å². The third-order valence-electron chi connectivity index (χ3n) is 3.15. The molecule has 0 aliphatic heterocycles. The highest BCUT2D eigenvalue weighted by molar-refractivity contribution is 6.30. The average Bonchev–Trinajstić information content (AvgIpc) is 2.52. The highest BCUT2D eigenvalue weighted by atomic mass is 35.5. The Labute approximate surface area is 130 Å². The van der Waals surface area contributed by atoms with Crippen LogP contribution in [-0.4, -0.2) is 6.61 Å². The Hall–Kier alpha value is -2.02. The first-order valence-corrected chi connectivity index (χ1v) is 7.20. The molecule has 2 aromatic carbocycles. The predicted molar refractivity (Wildman–Crippen MR) is 85.3 cm³/mol. The van der Waals surface area contributed by atoms with Gasteiger partial charge in [0, 0.05) is 18.2 Å². The van der Waals surface area contributed by atoms with E-state index in [9.17, 15) is 0 Å². The third kappa shape index (κ3) is 4.22. The zero-order chi connectivity index (χ0) is 15.1. The van der Waals surface area contributed by atoms with Gasteiger partial charge in [0.1, 0.15) is 6.07 Å². The first-order valence-electron chi connectivity index (χ1n) is 6.82. The molecule has 108 valence electrons. The fraction of sp³-hybridized carbons (Fsp3) is 0.235. The molecule has 2 rings (SSSR count). The van der Waals surface area contributed by atoms with E-state index in [-0.39, 0.29) is 0 Å². The quantitative estimate of drug-likeness (QED) is 0.862. The lowest BCUT2D eigenvalue weighted by Crippen LogP contribution is -2.05. The third-order valence-corrected chi connectivity index (χ3v) is 3.39.